The van der Waals surface area contributed by atoms with Crippen LogP contribution in [0.1, 0.15) is 110 Å². The molecule has 1 aliphatic heterocycles. The number of hydrogen-bond donors (Lipinski definition) is 3. The number of pyridine rings is 1. The van der Waals surface area contributed by atoms with Crippen molar-refractivity contribution in [1.29, 1.82) is 0 Å². The molecule has 2 aliphatic rings. The Balaban J connectivity index is 0.000000321. The molecule has 2 amide bonds. The van der Waals surface area contributed by atoms with Crippen LogP contribution in [-0.2, 0) is 14.4 Å². The predicted molar refractivity (Wildman–Crippen MR) is 175 cm³/mol. The first-order chi connectivity index (χ1) is 20.6. The Hall–Kier alpha value is -3.20. The zero-order valence-corrected chi connectivity index (χ0v) is 27.5. The molecule has 1 saturated carbocycles. The lowest BCUT2D eigenvalue weighted by Crippen LogP contribution is -2.45. The third-order valence-electron chi connectivity index (χ3n) is 7.99. The monoisotopic (exact) mass is 600 g/mol. The van der Waals surface area contributed by atoms with Crippen molar-refractivity contribution < 1.29 is 19.1 Å². The Morgan fingerprint density at radius 3 is 2.37 bits per heavy atom. The third kappa shape index (κ3) is 11.8. The number of carbonyl (C=O) groups excluding carboxylic acids is 3. The number of aldehydes is 1. The van der Waals surface area contributed by atoms with Crippen LogP contribution in [0.15, 0.2) is 23.0 Å². The number of ether oxygens (including phenoxy) is 1. The van der Waals surface area contributed by atoms with Gasteiger partial charge in [0.2, 0.25) is 11.8 Å². The smallest absolute Gasteiger partial charge is 0.240 e. The number of nitrogens with two attached hydrogens (primary N) is 2. The summed E-state index contributed by atoms with van der Waals surface area (Å²) < 4.78 is 5.27. The molecule has 1 aromatic heterocycles. The van der Waals surface area contributed by atoms with E-state index in [1.807, 2.05) is 32.9 Å². The second-order valence-corrected chi connectivity index (χ2v) is 11.4. The largest absolute Gasteiger partial charge is 0.496 e. The number of amides is 2. The van der Waals surface area contributed by atoms with Crippen molar-refractivity contribution in [3.8, 4) is 5.75 Å². The fraction of sp³-hybridized carbons (Fsp3) is 0.647. The summed E-state index contributed by atoms with van der Waals surface area (Å²) in [6, 6.07) is 4.89. The average molecular weight is 601 g/mol. The van der Waals surface area contributed by atoms with Gasteiger partial charge in [0.1, 0.15) is 18.1 Å². The molecular weight excluding hydrogens is 544 g/mol. The molecule has 3 atom stereocenters. The Bertz CT molecular complexity index is 1210. The lowest BCUT2D eigenvalue weighted by molar-refractivity contribution is -0.136. The second-order valence-electron chi connectivity index (χ2n) is 11.4. The van der Waals surface area contributed by atoms with Crippen molar-refractivity contribution in [2.75, 3.05) is 20.2 Å². The number of hydrogen-bond acceptors (Lipinski definition) is 6. The molecule has 2 aromatic rings. The Morgan fingerprint density at radius 2 is 1.84 bits per heavy atom. The van der Waals surface area contributed by atoms with Crippen LogP contribution in [0.5, 0.6) is 5.75 Å². The maximum Gasteiger partial charge on any atom is 0.240 e. The first-order valence-electron chi connectivity index (χ1n) is 16.0. The van der Waals surface area contributed by atoms with Crippen LogP contribution in [0.3, 0.4) is 0 Å². The maximum atomic E-state index is 12.0. The van der Waals surface area contributed by atoms with Crippen LogP contribution in [0, 0.1) is 18.8 Å². The van der Waals surface area contributed by atoms with Crippen molar-refractivity contribution in [3.63, 3.8) is 0 Å². The molecule has 1 aliphatic carbocycles. The number of aromatic nitrogens is 1. The van der Waals surface area contributed by atoms with E-state index in [0.717, 1.165) is 41.1 Å². The van der Waals surface area contributed by atoms with Gasteiger partial charge in [0, 0.05) is 35.2 Å². The highest BCUT2D eigenvalue weighted by Crippen LogP contribution is 2.40. The van der Waals surface area contributed by atoms with E-state index in [4.69, 9.17) is 16.2 Å². The van der Waals surface area contributed by atoms with E-state index in [-0.39, 0.29) is 17.9 Å². The quantitative estimate of drug-likeness (QED) is 0.226. The summed E-state index contributed by atoms with van der Waals surface area (Å²) in [5, 5.41) is 0.715. The summed E-state index contributed by atoms with van der Waals surface area (Å²) in [5.74, 6) is 1.68. The Labute approximate surface area is 258 Å². The number of carbonyl (C=O) groups is 3. The molecule has 9 nitrogen and oxygen atoms in total. The molecule has 9 heteroatoms. The summed E-state index contributed by atoms with van der Waals surface area (Å²) in [7, 11) is 1.64. The number of nitrogens with zero attached hydrogens (tertiary/aromatic N) is 1. The number of rotatable bonds is 11. The SMILES string of the molecule is CC.CCCCCCCC1CC1C=O.COc1ccc2c(=O)cc(C(C)C)[nH]c2c1C.NCC(=O)N1CCCC1C(N)=O. The van der Waals surface area contributed by atoms with Crippen LogP contribution in [0.2, 0.25) is 0 Å². The summed E-state index contributed by atoms with van der Waals surface area (Å²) in [4.78, 5) is 49.0. The normalized spacial score (nSPS) is 18.4. The fourth-order valence-electron chi connectivity index (χ4n) is 5.25. The predicted octanol–water partition coefficient (Wildman–Crippen LogP) is 5.60. The Morgan fingerprint density at radius 1 is 1.16 bits per heavy atom. The number of nitrogens with one attached hydrogen (secondary N) is 1. The number of aryl methyl sites for hydroxylation is 1. The number of likely N-dealkylation sites (tertiary alicyclic amines) is 1. The van der Waals surface area contributed by atoms with Gasteiger partial charge < -0.3 is 30.9 Å². The number of benzene rings is 1. The van der Waals surface area contributed by atoms with Crippen LogP contribution >= 0.6 is 0 Å². The zero-order valence-electron chi connectivity index (χ0n) is 27.5. The van der Waals surface area contributed by atoms with Gasteiger partial charge in [0.25, 0.3) is 0 Å². The topological polar surface area (TPSA) is 149 Å². The third-order valence-corrected chi connectivity index (χ3v) is 7.99. The molecule has 0 bridgehead atoms. The van der Waals surface area contributed by atoms with Crippen LogP contribution in [0.4, 0.5) is 0 Å². The molecular formula is C34H56N4O5. The molecule has 1 saturated heterocycles. The molecule has 5 N–H and O–H groups in total. The summed E-state index contributed by atoms with van der Waals surface area (Å²) in [5.41, 5.74) is 13.2. The second kappa shape index (κ2) is 19.9. The molecule has 43 heavy (non-hydrogen) atoms. The van der Waals surface area contributed by atoms with E-state index in [1.54, 1.807) is 13.2 Å². The van der Waals surface area contributed by atoms with Gasteiger partial charge in [-0.3, -0.25) is 14.4 Å². The Kier molecular flexibility index (Phi) is 17.5. The van der Waals surface area contributed by atoms with Crippen LogP contribution in [-0.4, -0.2) is 54.2 Å². The molecule has 1 aromatic carbocycles. The highest BCUT2D eigenvalue weighted by molar-refractivity contribution is 5.88. The number of unbranched alkanes of at least 4 members (excludes halogenated alkanes) is 4. The summed E-state index contributed by atoms with van der Waals surface area (Å²) in [6.07, 6.45) is 11.9. The van der Waals surface area contributed by atoms with Gasteiger partial charge in [-0.05, 0) is 56.6 Å². The van der Waals surface area contributed by atoms with Gasteiger partial charge in [-0.15, -0.1) is 0 Å². The van der Waals surface area contributed by atoms with Gasteiger partial charge in [-0.1, -0.05) is 66.7 Å². The van der Waals surface area contributed by atoms with Crippen LogP contribution < -0.4 is 21.6 Å². The highest BCUT2D eigenvalue weighted by Gasteiger charge is 2.35. The highest BCUT2D eigenvalue weighted by atomic mass is 16.5. The van der Waals surface area contributed by atoms with E-state index >= 15 is 0 Å². The van der Waals surface area contributed by atoms with Crippen molar-refractivity contribution in [2.24, 2.45) is 23.3 Å². The fourth-order valence-corrected chi connectivity index (χ4v) is 5.25. The molecule has 0 spiro atoms. The van der Waals surface area contributed by atoms with Gasteiger partial charge in [0.15, 0.2) is 5.43 Å². The first kappa shape index (κ1) is 37.8. The standard InChI is InChI=1S/C14H17NO2.C11H20O.C7H13N3O2.C2H6/c1-8(2)11-7-12(16)10-5-6-13(17-4)9(3)14(10)15-11;1-2-3-4-5-6-7-10-8-11(10)9-12;8-4-6(11)10-3-1-2-5(10)7(9)12;1-2/h5-8H,1-4H3,(H,15,16);9-11H,2-8H2,1H3;5H,1-4,8H2,(H2,9,12);1-2H3. The van der Waals surface area contributed by atoms with Gasteiger partial charge in [-0.25, -0.2) is 0 Å². The van der Waals surface area contributed by atoms with E-state index in [0.29, 0.717) is 30.2 Å². The molecule has 2 fully saturated rings. The summed E-state index contributed by atoms with van der Waals surface area (Å²) in [6.45, 7) is 12.9. The van der Waals surface area contributed by atoms with E-state index in [2.05, 4.69) is 25.8 Å². The molecule has 3 unspecified atom stereocenters. The lowest BCUT2D eigenvalue weighted by Gasteiger charge is -2.20. The van der Waals surface area contributed by atoms with Gasteiger partial charge >= 0.3 is 0 Å². The average Bonchev–Trinajstić information content (AvgIpc) is 3.58. The van der Waals surface area contributed by atoms with Crippen molar-refractivity contribution in [2.45, 2.75) is 111 Å². The molecule has 2 heterocycles. The number of aromatic amines is 1. The van der Waals surface area contributed by atoms with E-state index in [9.17, 15) is 19.2 Å². The van der Waals surface area contributed by atoms with Crippen LogP contribution in [0.25, 0.3) is 10.9 Å². The van der Waals surface area contributed by atoms with E-state index < -0.39 is 11.9 Å². The van der Waals surface area contributed by atoms with Crippen molar-refractivity contribution in [1.82, 2.24) is 9.88 Å². The van der Waals surface area contributed by atoms with Crippen molar-refractivity contribution in [3.05, 3.63) is 39.7 Å². The van der Waals surface area contributed by atoms with Crippen molar-refractivity contribution >= 4 is 29.0 Å². The minimum atomic E-state index is -0.436. The maximum absolute atomic E-state index is 12.0. The first-order valence-corrected chi connectivity index (χ1v) is 16.0. The number of primary amides is 1. The molecule has 0 radical (unpaired) electrons. The number of methoxy groups -OCH3 is 1. The summed E-state index contributed by atoms with van der Waals surface area (Å²) >= 11 is 0. The number of H-pyrrole nitrogens is 1. The van der Waals surface area contributed by atoms with E-state index in [1.165, 1.54) is 49.8 Å². The zero-order chi connectivity index (χ0) is 32.5. The van der Waals surface area contributed by atoms with Gasteiger partial charge in [0.05, 0.1) is 19.2 Å². The number of fused-ring (bicyclic) bond motifs is 1. The molecule has 242 valence electrons. The minimum Gasteiger partial charge on any atom is -0.496 e. The van der Waals surface area contributed by atoms with Gasteiger partial charge in [-0.2, -0.15) is 0 Å². The lowest BCUT2D eigenvalue weighted by atomic mass is 10.1. The molecule has 4 rings (SSSR count). The minimum absolute atomic E-state index is 0.0518.